The molecule has 0 atom stereocenters. The summed E-state index contributed by atoms with van der Waals surface area (Å²) in [4.78, 5) is 64.3. The van der Waals surface area contributed by atoms with Crippen LogP contribution in [0, 0.1) is 0 Å². The Kier molecular flexibility index (Phi) is 32.9. The van der Waals surface area contributed by atoms with E-state index in [0.717, 1.165) is 11.1 Å². The molecule has 0 fully saturated rings. The molecule has 0 radical (unpaired) electrons. The number of carbonyl (C=O) groups excluding carboxylic acids is 4. The predicted molar refractivity (Wildman–Crippen MR) is 251 cm³/mol. The highest BCUT2D eigenvalue weighted by atomic mass is 35.5. The molecule has 0 unspecified atom stereocenters. The van der Waals surface area contributed by atoms with Crippen LogP contribution in [0.1, 0.15) is 58.9 Å². The molecule has 0 spiro atoms. The zero-order valence-corrected chi connectivity index (χ0v) is 39.0. The Morgan fingerprint density at radius 1 is 0.433 bits per heavy atom. The molecule has 19 heteroatoms. The molecule has 5 rings (SSSR count). The van der Waals surface area contributed by atoms with Gasteiger partial charge in [-0.1, -0.05) is 97.1 Å². The van der Waals surface area contributed by atoms with Gasteiger partial charge in [0, 0.05) is 0 Å². The van der Waals surface area contributed by atoms with Crippen LogP contribution in [0.2, 0.25) is 0 Å². The van der Waals surface area contributed by atoms with E-state index in [2.05, 4.69) is 0 Å². The summed E-state index contributed by atoms with van der Waals surface area (Å²) in [7, 11) is 0. The normalized spacial score (nSPS) is 9.76. The van der Waals surface area contributed by atoms with E-state index >= 15 is 0 Å². The van der Waals surface area contributed by atoms with Crippen LogP contribution in [0.5, 0.6) is 0 Å². The van der Waals surface area contributed by atoms with Gasteiger partial charge >= 0.3 is 29.8 Å². The first-order valence-corrected chi connectivity index (χ1v) is 21.8. The Labute approximate surface area is 407 Å². The number of carboxylic acid groups (broad SMARTS) is 2. The minimum absolute atomic E-state index is 0.0344. The van der Waals surface area contributed by atoms with Gasteiger partial charge in [-0.25, -0.2) is 14.4 Å². The van der Waals surface area contributed by atoms with E-state index in [-0.39, 0.29) is 61.8 Å². The number of esters is 3. The van der Waals surface area contributed by atoms with Gasteiger partial charge in [-0.2, -0.15) is 0 Å². The summed E-state index contributed by atoms with van der Waals surface area (Å²) in [6.45, 7) is 2.01. The summed E-state index contributed by atoms with van der Waals surface area (Å²) in [6.07, 6.45) is 0. The van der Waals surface area contributed by atoms with Crippen molar-refractivity contribution in [3.05, 3.63) is 178 Å². The number of carboxylic acids is 2. The lowest BCUT2D eigenvalue weighted by atomic mass is 10.1. The molecule has 0 heterocycles. The van der Waals surface area contributed by atoms with Gasteiger partial charge in [0.2, 0.25) is 5.24 Å². The van der Waals surface area contributed by atoms with Gasteiger partial charge in [-0.15, -0.1) is 34.8 Å². The van der Waals surface area contributed by atoms with Crippen LogP contribution in [0.25, 0.3) is 0 Å². The van der Waals surface area contributed by atoms with E-state index in [1.54, 1.807) is 48.5 Å². The van der Waals surface area contributed by atoms with Crippen LogP contribution in [-0.4, -0.2) is 99.6 Å². The molecule has 360 valence electrons. The first kappa shape index (κ1) is 59.1. The molecule has 0 aliphatic carbocycles. The summed E-state index contributed by atoms with van der Waals surface area (Å²) in [5.41, 5.74) is 4.88. The van der Waals surface area contributed by atoms with Crippen molar-refractivity contribution >= 4 is 81.5 Å². The van der Waals surface area contributed by atoms with Crippen molar-refractivity contribution in [3.63, 3.8) is 0 Å². The predicted octanol–water partition coefficient (Wildman–Crippen LogP) is 8.07. The monoisotopic (exact) mass is 1010 g/mol. The molecular weight excluding hydrogens is 958 g/mol. The lowest BCUT2D eigenvalue weighted by Crippen LogP contribution is -2.11. The quantitative estimate of drug-likeness (QED) is 0.0190. The highest BCUT2D eigenvalue weighted by molar-refractivity contribution is 6.67. The van der Waals surface area contributed by atoms with Crippen LogP contribution in [0.3, 0.4) is 0 Å². The zero-order valence-electron chi connectivity index (χ0n) is 36.0. The molecule has 0 aromatic heterocycles. The first-order chi connectivity index (χ1) is 32.3. The second kappa shape index (κ2) is 37.2. The molecule has 5 aromatic carbocycles. The number of hydrogen-bond acceptors (Lipinski definition) is 13. The maximum atomic E-state index is 12.0. The smallest absolute Gasteiger partial charge is 0.338 e. The fourth-order valence-electron chi connectivity index (χ4n) is 4.66. The minimum atomic E-state index is -1.01. The molecule has 0 bridgehead atoms. The van der Waals surface area contributed by atoms with Crippen molar-refractivity contribution in [3.8, 4) is 0 Å². The molecule has 5 aromatic rings. The van der Waals surface area contributed by atoms with Crippen LogP contribution in [-0.2, 0) is 71.1 Å². The third-order valence-electron chi connectivity index (χ3n) is 7.74. The van der Waals surface area contributed by atoms with Crippen molar-refractivity contribution in [2.75, 3.05) is 44.1 Å². The van der Waals surface area contributed by atoms with Gasteiger partial charge in [0.05, 0.1) is 62.2 Å². The van der Waals surface area contributed by atoms with E-state index in [1.165, 1.54) is 24.3 Å². The Morgan fingerprint density at radius 3 is 1.22 bits per heavy atom. The molecule has 0 amide bonds. The number of aromatic carboxylic acids is 2. The van der Waals surface area contributed by atoms with Crippen LogP contribution < -0.4 is 0 Å². The summed E-state index contributed by atoms with van der Waals surface area (Å²) < 4.78 is 25.4. The Balaban J connectivity index is 0.000000457. The highest BCUT2D eigenvalue weighted by Crippen LogP contribution is 2.10. The molecule has 0 saturated heterocycles. The van der Waals surface area contributed by atoms with Gasteiger partial charge in [-0.3, -0.25) is 14.4 Å². The van der Waals surface area contributed by atoms with Crippen LogP contribution in [0.15, 0.2) is 133 Å². The maximum Gasteiger partial charge on any atom is 0.338 e. The van der Waals surface area contributed by atoms with Crippen molar-refractivity contribution < 1.29 is 72.9 Å². The standard InChI is InChI=1S/C19H19ClO5.C10H9ClO4.C9H12O2.C8H8O3.C2H2Cl2O/c20-12-18(21)25-14-16-7-4-8-17(11-16)19(22)24-10-9-23-13-15-5-2-1-3-6-15;11-5-9(12)15-6-7-2-1-3-8(4-7)10(13)14;10-6-7-11-8-9-4-2-1-3-5-9;9-5-6-2-1-3-7(4-6)8(10)11;3-1-2(4)5/h1-8,11H,9-10,12-14H2;1-4H,5-6H2,(H,13,14);1-5,10H,6-8H2;1-4,9H,5H2,(H,10,11);1H2. The summed E-state index contributed by atoms with van der Waals surface area (Å²) in [5.74, 6) is -3.98. The number of benzene rings is 5. The summed E-state index contributed by atoms with van der Waals surface area (Å²) >= 11 is 20.1. The van der Waals surface area contributed by atoms with Gasteiger partial charge in [0.15, 0.2) is 0 Å². The average molecular weight is 1010 g/mol. The van der Waals surface area contributed by atoms with E-state index in [4.69, 9.17) is 90.5 Å². The number of aliphatic hydroxyl groups excluding tert-OH is 2. The average Bonchev–Trinajstić information content (AvgIpc) is 3.36. The zero-order chi connectivity index (χ0) is 49.7. The number of alkyl halides is 3. The molecule has 0 saturated carbocycles. The number of rotatable bonds is 20. The summed E-state index contributed by atoms with van der Waals surface area (Å²) in [5, 5.41) is 33.8. The topological polar surface area (TPSA) is 229 Å². The van der Waals surface area contributed by atoms with E-state index in [1.807, 2.05) is 60.7 Å². The van der Waals surface area contributed by atoms with Crippen molar-refractivity contribution in [1.29, 1.82) is 0 Å². The van der Waals surface area contributed by atoms with E-state index in [0.29, 0.717) is 48.7 Å². The largest absolute Gasteiger partial charge is 0.478 e. The number of aliphatic hydroxyl groups is 2. The molecular formula is C48H50Cl4O15. The SMILES string of the molecule is O=C(CCl)OCc1cccc(C(=O)O)c1.O=C(CCl)OCc1cccc(C(=O)OCCOCc2ccccc2)c1.O=C(Cl)CCl.O=C(O)c1cccc(CO)c1.OCCOCc1ccccc1. The van der Waals surface area contributed by atoms with Crippen LogP contribution in [0.4, 0.5) is 0 Å². The lowest BCUT2D eigenvalue weighted by Gasteiger charge is -2.08. The Bertz CT molecular complexity index is 2210. The minimum Gasteiger partial charge on any atom is -0.478 e. The number of hydrogen-bond donors (Lipinski definition) is 4. The Morgan fingerprint density at radius 2 is 0.821 bits per heavy atom. The molecule has 0 aliphatic rings. The Hall–Kier alpha value is -5.88. The fourth-order valence-corrected chi connectivity index (χ4v) is 4.81. The first-order valence-electron chi connectivity index (χ1n) is 19.8. The molecule has 4 N–H and O–H groups in total. The van der Waals surface area contributed by atoms with Gasteiger partial charge in [-0.05, 0) is 75.8 Å². The molecule has 0 aliphatic heterocycles. The van der Waals surface area contributed by atoms with Gasteiger partial charge < -0.3 is 44.1 Å². The summed E-state index contributed by atoms with van der Waals surface area (Å²) in [6, 6.07) is 38.8. The maximum absolute atomic E-state index is 12.0. The van der Waals surface area contributed by atoms with E-state index < -0.39 is 35.1 Å². The van der Waals surface area contributed by atoms with Gasteiger partial charge in [0.25, 0.3) is 0 Å². The lowest BCUT2D eigenvalue weighted by molar-refractivity contribution is -0.142. The molecule has 67 heavy (non-hydrogen) atoms. The fraction of sp³-hybridized carbons (Fsp3) is 0.250. The number of ether oxygens (including phenoxy) is 5. The third kappa shape index (κ3) is 29.4. The van der Waals surface area contributed by atoms with Crippen LogP contribution >= 0.6 is 46.4 Å². The van der Waals surface area contributed by atoms with Crippen molar-refractivity contribution in [2.45, 2.75) is 33.0 Å². The third-order valence-corrected chi connectivity index (χ3v) is 8.69. The highest BCUT2D eigenvalue weighted by Gasteiger charge is 2.10. The molecule has 15 nitrogen and oxygen atoms in total. The van der Waals surface area contributed by atoms with Gasteiger partial charge in [0.1, 0.15) is 31.6 Å². The number of carbonyl (C=O) groups is 6. The number of halogens is 4. The second-order valence-electron chi connectivity index (χ2n) is 12.9. The second-order valence-corrected chi connectivity index (χ2v) is 14.1. The van der Waals surface area contributed by atoms with Crippen molar-refractivity contribution in [1.82, 2.24) is 0 Å². The van der Waals surface area contributed by atoms with E-state index in [9.17, 15) is 28.8 Å². The van der Waals surface area contributed by atoms with Crippen molar-refractivity contribution in [2.24, 2.45) is 0 Å².